The van der Waals surface area contributed by atoms with Crippen molar-refractivity contribution < 1.29 is 89.9 Å². The Hall–Kier alpha value is 1.82. The number of phosphoric acid groups is 2. The molecule has 0 amide bonds. The van der Waals surface area contributed by atoms with Gasteiger partial charge in [-0.3, -0.25) is 4.57 Å². The smallest absolute Gasteiger partial charge is 0.756 e. The Kier molecular flexibility index (Phi) is 23.7. The van der Waals surface area contributed by atoms with Crippen LogP contribution in [0.4, 0.5) is 0 Å². The molecule has 0 heterocycles. The topological polar surface area (TPSA) is 162 Å². The SMILES string of the molecule is CCN(CC)CC.O=P(O)(O)O.O=P([O-])(O)O.[K+]. The molecule has 18 heavy (non-hydrogen) atoms. The van der Waals surface area contributed by atoms with Gasteiger partial charge in [0.25, 0.3) is 7.82 Å². The molecular formula is C6H20KNO8P2. The van der Waals surface area contributed by atoms with Gasteiger partial charge in [-0.05, 0) is 19.6 Å². The zero-order valence-electron chi connectivity index (χ0n) is 10.9. The molecule has 0 aromatic heterocycles. The largest absolute Gasteiger partial charge is 1.00 e. The van der Waals surface area contributed by atoms with Crippen molar-refractivity contribution in [3.05, 3.63) is 0 Å². The Morgan fingerprint density at radius 1 is 0.889 bits per heavy atom. The number of hydrogen-bond acceptors (Lipinski definition) is 4. The Morgan fingerprint density at radius 2 is 1.00 bits per heavy atom. The first-order valence-corrected chi connectivity index (χ1v) is 7.71. The summed E-state index contributed by atoms with van der Waals surface area (Å²) in [5.74, 6) is 0. The second-order valence-corrected chi connectivity index (χ2v) is 4.63. The van der Waals surface area contributed by atoms with Crippen molar-refractivity contribution in [3.8, 4) is 0 Å². The van der Waals surface area contributed by atoms with Crippen LogP contribution in [0.5, 0.6) is 0 Å². The molecule has 0 aromatic carbocycles. The molecule has 9 nitrogen and oxygen atoms in total. The molecule has 0 spiro atoms. The van der Waals surface area contributed by atoms with Crippen molar-refractivity contribution in [2.45, 2.75) is 20.8 Å². The Morgan fingerprint density at radius 3 is 1.00 bits per heavy atom. The fourth-order valence-corrected chi connectivity index (χ4v) is 0.671. The zero-order valence-corrected chi connectivity index (χ0v) is 15.8. The van der Waals surface area contributed by atoms with Gasteiger partial charge in [-0.2, -0.15) is 0 Å². The molecule has 0 radical (unpaired) electrons. The standard InChI is InChI=1S/C6H15N.K.2H3O4P/c1-4-7(5-2)6-3;;2*1-5(2,3)4/h4-6H2,1-3H3;;2*(H3,1,2,3,4)/q;+1;;/p-1. The molecule has 5 N–H and O–H groups in total. The van der Waals surface area contributed by atoms with Gasteiger partial charge in [0, 0.05) is 0 Å². The van der Waals surface area contributed by atoms with Gasteiger partial charge in [0.15, 0.2) is 0 Å². The van der Waals surface area contributed by atoms with Crippen LogP contribution in [0.15, 0.2) is 0 Å². The first-order chi connectivity index (χ1) is 7.35. The van der Waals surface area contributed by atoms with Crippen molar-refractivity contribution in [2.24, 2.45) is 0 Å². The second-order valence-electron chi connectivity index (χ2n) is 2.62. The molecule has 0 fully saturated rings. The summed E-state index contributed by atoms with van der Waals surface area (Å²) in [6.45, 7) is 10.1. The van der Waals surface area contributed by atoms with Gasteiger partial charge >= 0.3 is 59.2 Å². The predicted octanol–water partition coefficient (Wildman–Crippen LogP) is -4.14. The van der Waals surface area contributed by atoms with E-state index in [2.05, 4.69) is 25.7 Å². The predicted molar refractivity (Wildman–Crippen MR) is 59.8 cm³/mol. The first kappa shape index (κ1) is 28.0. The fourth-order valence-electron chi connectivity index (χ4n) is 0.671. The molecule has 0 saturated heterocycles. The maximum Gasteiger partial charge on any atom is 1.00 e. The van der Waals surface area contributed by atoms with Crippen LogP contribution in [0.1, 0.15) is 20.8 Å². The van der Waals surface area contributed by atoms with Gasteiger partial charge in [-0.25, -0.2) is 4.57 Å². The third-order valence-electron chi connectivity index (χ3n) is 1.34. The number of hydrogen-bond donors (Lipinski definition) is 5. The van der Waals surface area contributed by atoms with Crippen LogP contribution in [-0.4, -0.2) is 49.0 Å². The van der Waals surface area contributed by atoms with Gasteiger partial charge in [0.05, 0.1) is 0 Å². The van der Waals surface area contributed by atoms with Crippen molar-refractivity contribution in [1.29, 1.82) is 0 Å². The van der Waals surface area contributed by atoms with Crippen molar-refractivity contribution in [1.82, 2.24) is 4.90 Å². The maximum atomic E-state index is 8.88. The quantitative estimate of drug-likeness (QED) is 0.255. The molecule has 0 aromatic rings. The second kappa shape index (κ2) is 15.2. The Bertz CT molecular complexity index is 208. The van der Waals surface area contributed by atoms with E-state index < -0.39 is 15.6 Å². The minimum absolute atomic E-state index is 0. The van der Waals surface area contributed by atoms with Gasteiger partial charge in [-0.15, -0.1) is 0 Å². The zero-order chi connectivity index (χ0) is 14.7. The minimum Gasteiger partial charge on any atom is -0.756 e. The van der Waals surface area contributed by atoms with Crippen molar-refractivity contribution in [2.75, 3.05) is 19.6 Å². The molecule has 0 unspecified atom stereocenters. The Labute approximate surface area is 149 Å². The summed E-state index contributed by atoms with van der Waals surface area (Å²) in [5.41, 5.74) is 0. The summed E-state index contributed by atoms with van der Waals surface area (Å²) < 4.78 is 17.7. The van der Waals surface area contributed by atoms with Gasteiger partial charge < -0.3 is 34.3 Å². The van der Waals surface area contributed by atoms with E-state index in [-0.39, 0.29) is 51.4 Å². The van der Waals surface area contributed by atoms with E-state index >= 15 is 0 Å². The van der Waals surface area contributed by atoms with Crippen LogP contribution in [-0.2, 0) is 9.13 Å². The molecule has 0 saturated carbocycles. The number of nitrogens with zero attached hydrogens (tertiary/aromatic N) is 1. The minimum atomic E-state index is -4.89. The summed E-state index contributed by atoms with van der Waals surface area (Å²) in [7, 11) is -9.53. The fraction of sp³-hybridized carbons (Fsp3) is 1.00. The van der Waals surface area contributed by atoms with E-state index in [4.69, 9.17) is 38.5 Å². The molecule has 0 aliphatic carbocycles. The molecule has 12 heteroatoms. The van der Waals surface area contributed by atoms with Crippen LogP contribution >= 0.6 is 15.6 Å². The summed E-state index contributed by atoms with van der Waals surface area (Å²) in [4.78, 5) is 46.9. The summed E-state index contributed by atoms with van der Waals surface area (Å²) in [6.07, 6.45) is 0. The van der Waals surface area contributed by atoms with Crippen LogP contribution in [0, 0.1) is 0 Å². The molecule has 0 aliphatic rings. The van der Waals surface area contributed by atoms with E-state index in [0.29, 0.717) is 0 Å². The maximum absolute atomic E-state index is 8.88. The summed E-state index contributed by atoms with van der Waals surface area (Å²) >= 11 is 0. The first-order valence-electron chi connectivity index (χ1n) is 4.62. The van der Waals surface area contributed by atoms with Crippen LogP contribution in [0.2, 0.25) is 0 Å². The molecule has 0 rings (SSSR count). The van der Waals surface area contributed by atoms with E-state index in [0.717, 1.165) is 0 Å². The summed E-state index contributed by atoms with van der Waals surface area (Å²) in [5, 5.41) is 0. The summed E-state index contributed by atoms with van der Waals surface area (Å²) in [6, 6.07) is 0. The third kappa shape index (κ3) is 82.5. The van der Waals surface area contributed by atoms with Gasteiger partial charge in [0.1, 0.15) is 0 Å². The molecule has 108 valence electrons. The normalized spacial score (nSPS) is 10.6. The molecular weight excluding hydrogens is 315 g/mol. The van der Waals surface area contributed by atoms with Crippen molar-refractivity contribution >= 4 is 15.6 Å². The van der Waals surface area contributed by atoms with Crippen LogP contribution < -0.4 is 56.3 Å². The average molecular weight is 335 g/mol. The average Bonchev–Trinajstić information content (AvgIpc) is 2.01. The number of rotatable bonds is 3. The van der Waals surface area contributed by atoms with Crippen molar-refractivity contribution in [3.63, 3.8) is 0 Å². The van der Waals surface area contributed by atoms with Crippen LogP contribution in [0.25, 0.3) is 0 Å². The van der Waals surface area contributed by atoms with Gasteiger partial charge in [-0.1, -0.05) is 20.8 Å². The van der Waals surface area contributed by atoms with Gasteiger partial charge in [0.2, 0.25) is 0 Å². The third-order valence-corrected chi connectivity index (χ3v) is 1.34. The molecule has 0 atom stereocenters. The molecule has 0 bridgehead atoms. The Balaban J connectivity index is -0.0000000813. The monoisotopic (exact) mass is 335 g/mol. The van der Waals surface area contributed by atoms with E-state index in [1.54, 1.807) is 0 Å². The van der Waals surface area contributed by atoms with E-state index in [9.17, 15) is 0 Å². The van der Waals surface area contributed by atoms with Crippen LogP contribution in [0.3, 0.4) is 0 Å². The van der Waals surface area contributed by atoms with E-state index in [1.807, 2.05) is 0 Å². The van der Waals surface area contributed by atoms with E-state index in [1.165, 1.54) is 19.6 Å². The molecule has 0 aliphatic heterocycles.